The highest BCUT2D eigenvalue weighted by atomic mass is 35.5. The lowest BCUT2D eigenvalue weighted by atomic mass is 10.1. The van der Waals surface area contributed by atoms with Crippen molar-refractivity contribution in [2.45, 2.75) is 26.2 Å². The summed E-state index contributed by atoms with van der Waals surface area (Å²) >= 11 is 5.84. The molecule has 0 aliphatic carbocycles. The summed E-state index contributed by atoms with van der Waals surface area (Å²) < 4.78 is 0. The monoisotopic (exact) mass is 332 g/mol. The number of hydrogen-bond donors (Lipinski definition) is 1. The molecular weight excluding hydrogens is 316 g/mol. The zero-order valence-corrected chi connectivity index (χ0v) is 13.5. The SMILES string of the molecule is CCCCc1ccc(NC(=O)c2cc(Cl)ccc2[N+](=O)[O-])cc1. The fraction of sp³-hybridized carbons (Fsp3) is 0.235. The Morgan fingerprint density at radius 3 is 2.52 bits per heavy atom. The summed E-state index contributed by atoms with van der Waals surface area (Å²) in [5, 5.41) is 14.0. The number of nitrogens with one attached hydrogen (secondary N) is 1. The lowest BCUT2D eigenvalue weighted by Gasteiger charge is -2.07. The van der Waals surface area contributed by atoms with E-state index >= 15 is 0 Å². The highest BCUT2D eigenvalue weighted by molar-refractivity contribution is 6.31. The molecule has 120 valence electrons. The van der Waals surface area contributed by atoms with Crippen molar-refractivity contribution in [1.82, 2.24) is 0 Å². The van der Waals surface area contributed by atoms with E-state index < -0.39 is 10.8 Å². The third-order valence-electron chi connectivity index (χ3n) is 3.43. The van der Waals surface area contributed by atoms with Gasteiger partial charge in [-0.05, 0) is 42.7 Å². The van der Waals surface area contributed by atoms with E-state index in [1.54, 1.807) is 12.1 Å². The van der Waals surface area contributed by atoms with Crippen molar-refractivity contribution in [3.8, 4) is 0 Å². The van der Waals surface area contributed by atoms with Crippen molar-refractivity contribution >= 4 is 28.9 Å². The molecule has 23 heavy (non-hydrogen) atoms. The molecule has 0 fully saturated rings. The Hall–Kier alpha value is -2.40. The first-order valence-corrected chi connectivity index (χ1v) is 7.73. The minimum Gasteiger partial charge on any atom is -0.322 e. The van der Waals surface area contributed by atoms with Crippen LogP contribution in [0.2, 0.25) is 5.02 Å². The second-order valence-corrected chi connectivity index (χ2v) is 5.61. The maximum absolute atomic E-state index is 12.3. The van der Waals surface area contributed by atoms with E-state index in [9.17, 15) is 14.9 Å². The molecule has 1 amide bonds. The molecule has 0 radical (unpaired) electrons. The van der Waals surface area contributed by atoms with E-state index in [0.29, 0.717) is 5.69 Å². The predicted molar refractivity (Wildman–Crippen MR) is 91.1 cm³/mol. The van der Waals surface area contributed by atoms with Crippen LogP contribution in [0.15, 0.2) is 42.5 Å². The van der Waals surface area contributed by atoms with Crippen LogP contribution in [0.3, 0.4) is 0 Å². The van der Waals surface area contributed by atoms with Crippen molar-refractivity contribution in [3.63, 3.8) is 0 Å². The number of carbonyl (C=O) groups excluding carboxylic acids is 1. The van der Waals surface area contributed by atoms with Gasteiger partial charge in [0.05, 0.1) is 4.92 Å². The van der Waals surface area contributed by atoms with Crippen LogP contribution >= 0.6 is 11.6 Å². The van der Waals surface area contributed by atoms with Gasteiger partial charge in [0, 0.05) is 16.8 Å². The highest BCUT2D eigenvalue weighted by Crippen LogP contribution is 2.24. The maximum atomic E-state index is 12.3. The molecule has 1 N–H and O–H groups in total. The number of unbranched alkanes of at least 4 members (excludes halogenated alkanes) is 1. The highest BCUT2D eigenvalue weighted by Gasteiger charge is 2.20. The van der Waals surface area contributed by atoms with Gasteiger partial charge in [-0.15, -0.1) is 0 Å². The molecule has 0 bridgehead atoms. The van der Waals surface area contributed by atoms with Gasteiger partial charge in [0.1, 0.15) is 5.56 Å². The molecule has 0 saturated carbocycles. The van der Waals surface area contributed by atoms with Gasteiger partial charge >= 0.3 is 0 Å². The zero-order valence-electron chi connectivity index (χ0n) is 12.7. The molecule has 2 aromatic carbocycles. The van der Waals surface area contributed by atoms with E-state index in [-0.39, 0.29) is 16.3 Å². The van der Waals surface area contributed by atoms with Crippen molar-refractivity contribution in [3.05, 3.63) is 68.7 Å². The van der Waals surface area contributed by atoms with Crippen molar-refractivity contribution in [1.29, 1.82) is 0 Å². The molecule has 0 aliphatic rings. The Kier molecular flexibility index (Phi) is 5.71. The van der Waals surface area contributed by atoms with Crippen molar-refractivity contribution in [2.75, 3.05) is 5.32 Å². The molecule has 0 unspecified atom stereocenters. The number of nitro benzene ring substituents is 1. The van der Waals surface area contributed by atoms with E-state index in [1.165, 1.54) is 23.8 Å². The number of hydrogen-bond acceptors (Lipinski definition) is 3. The lowest BCUT2D eigenvalue weighted by molar-refractivity contribution is -0.385. The fourth-order valence-electron chi connectivity index (χ4n) is 2.18. The average Bonchev–Trinajstić information content (AvgIpc) is 2.53. The summed E-state index contributed by atoms with van der Waals surface area (Å²) in [7, 11) is 0. The fourth-order valence-corrected chi connectivity index (χ4v) is 2.36. The zero-order chi connectivity index (χ0) is 16.8. The smallest absolute Gasteiger partial charge is 0.282 e. The Morgan fingerprint density at radius 2 is 1.91 bits per heavy atom. The lowest BCUT2D eigenvalue weighted by Crippen LogP contribution is -2.14. The van der Waals surface area contributed by atoms with E-state index in [1.807, 2.05) is 12.1 Å². The van der Waals surface area contributed by atoms with Crippen LogP contribution in [-0.4, -0.2) is 10.8 Å². The van der Waals surface area contributed by atoms with Crippen LogP contribution in [-0.2, 0) is 6.42 Å². The van der Waals surface area contributed by atoms with E-state index in [0.717, 1.165) is 19.3 Å². The van der Waals surface area contributed by atoms with Gasteiger partial charge in [0.2, 0.25) is 0 Å². The third-order valence-corrected chi connectivity index (χ3v) is 3.67. The summed E-state index contributed by atoms with van der Waals surface area (Å²) in [5.74, 6) is -0.555. The van der Waals surface area contributed by atoms with Gasteiger partial charge in [-0.1, -0.05) is 37.1 Å². The second-order valence-electron chi connectivity index (χ2n) is 5.17. The number of amides is 1. The summed E-state index contributed by atoms with van der Waals surface area (Å²) in [6.07, 6.45) is 3.22. The van der Waals surface area contributed by atoms with Gasteiger partial charge in [0.25, 0.3) is 11.6 Å². The molecule has 5 nitrogen and oxygen atoms in total. The van der Waals surface area contributed by atoms with Crippen LogP contribution in [0, 0.1) is 10.1 Å². The molecule has 2 aromatic rings. The number of nitro groups is 1. The van der Waals surface area contributed by atoms with Crippen LogP contribution in [0.1, 0.15) is 35.7 Å². The Morgan fingerprint density at radius 1 is 1.22 bits per heavy atom. The van der Waals surface area contributed by atoms with Gasteiger partial charge in [-0.25, -0.2) is 0 Å². The number of carbonyl (C=O) groups is 1. The summed E-state index contributed by atoms with van der Waals surface area (Å²) in [4.78, 5) is 22.7. The molecule has 6 heteroatoms. The molecular formula is C17H17ClN2O3. The first-order valence-electron chi connectivity index (χ1n) is 7.35. The number of halogens is 1. The molecule has 2 rings (SSSR count). The standard InChI is InChI=1S/C17H17ClN2O3/c1-2-3-4-12-5-8-14(9-6-12)19-17(21)15-11-13(18)7-10-16(15)20(22)23/h5-11H,2-4H2,1H3,(H,19,21). The first-order chi connectivity index (χ1) is 11.0. The maximum Gasteiger partial charge on any atom is 0.282 e. The van der Waals surface area contributed by atoms with Crippen molar-refractivity contribution in [2.24, 2.45) is 0 Å². The average molecular weight is 333 g/mol. The minimum absolute atomic E-state index is 0.0578. The Bertz CT molecular complexity index is 714. The second kappa shape index (κ2) is 7.74. The number of benzene rings is 2. The molecule has 0 atom stereocenters. The Labute approximate surface area is 139 Å². The third kappa shape index (κ3) is 4.53. The van der Waals surface area contributed by atoms with E-state index in [2.05, 4.69) is 12.2 Å². The van der Waals surface area contributed by atoms with Crippen LogP contribution < -0.4 is 5.32 Å². The van der Waals surface area contributed by atoms with Crippen molar-refractivity contribution < 1.29 is 9.72 Å². The van der Waals surface area contributed by atoms with Crippen LogP contribution in [0.5, 0.6) is 0 Å². The van der Waals surface area contributed by atoms with Gasteiger partial charge < -0.3 is 5.32 Å². The van der Waals surface area contributed by atoms with E-state index in [4.69, 9.17) is 11.6 Å². The summed E-state index contributed by atoms with van der Waals surface area (Å²) in [5.41, 5.74) is 1.45. The number of rotatable bonds is 6. The summed E-state index contributed by atoms with van der Waals surface area (Å²) in [6.45, 7) is 2.13. The molecule has 0 spiro atoms. The predicted octanol–water partition coefficient (Wildman–Crippen LogP) is 4.84. The first kappa shape index (κ1) is 17.0. The van der Waals surface area contributed by atoms with Gasteiger partial charge in [-0.3, -0.25) is 14.9 Å². The Balaban J connectivity index is 2.16. The molecule has 0 aromatic heterocycles. The van der Waals surface area contributed by atoms with Crippen LogP contribution in [0.25, 0.3) is 0 Å². The molecule has 0 aliphatic heterocycles. The quantitative estimate of drug-likeness (QED) is 0.607. The molecule has 0 heterocycles. The molecule has 0 saturated heterocycles. The van der Waals surface area contributed by atoms with Gasteiger partial charge in [0.15, 0.2) is 0 Å². The summed E-state index contributed by atoms with van der Waals surface area (Å²) in [6, 6.07) is 11.4. The minimum atomic E-state index is -0.598. The number of aryl methyl sites for hydroxylation is 1. The van der Waals surface area contributed by atoms with Crippen LogP contribution in [0.4, 0.5) is 11.4 Å². The number of nitrogens with zero attached hydrogens (tertiary/aromatic N) is 1. The van der Waals surface area contributed by atoms with Gasteiger partial charge in [-0.2, -0.15) is 0 Å². The normalized spacial score (nSPS) is 10.3. The topological polar surface area (TPSA) is 72.2 Å². The number of anilines is 1. The largest absolute Gasteiger partial charge is 0.322 e.